The third-order valence-electron chi connectivity index (χ3n) is 8.68. The van der Waals surface area contributed by atoms with E-state index in [0.29, 0.717) is 62.1 Å². The Kier molecular flexibility index (Phi) is 7.56. The second kappa shape index (κ2) is 10.7. The molecule has 37 heavy (non-hydrogen) atoms. The second-order valence-corrected chi connectivity index (χ2v) is 11.5. The highest BCUT2D eigenvalue weighted by molar-refractivity contribution is 5.99. The van der Waals surface area contributed by atoms with Gasteiger partial charge in [0.05, 0.1) is 17.8 Å². The van der Waals surface area contributed by atoms with Crippen molar-refractivity contribution in [3.8, 4) is 5.88 Å². The van der Waals surface area contributed by atoms with E-state index in [4.69, 9.17) is 9.47 Å². The van der Waals surface area contributed by atoms with Gasteiger partial charge in [0.1, 0.15) is 5.82 Å². The van der Waals surface area contributed by atoms with Gasteiger partial charge < -0.3 is 24.8 Å². The van der Waals surface area contributed by atoms with E-state index in [1.807, 2.05) is 11.8 Å². The van der Waals surface area contributed by atoms with Crippen LogP contribution < -0.4 is 15.0 Å². The Hall–Kier alpha value is -2.49. The van der Waals surface area contributed by atoms with E-state index < -0.39 is 18.2 Å². The highest BCUT2D eigenvalue weighted by Gasteiger charge is 2.57. The lowest BCUT2D eigenvalue weighted by molar-refractivity contribution is -0.260. The van der Waals surface area contributed by atoms with E-state index in [1.54, 1.807) is 12.1 Å². The minimum absolute atomic E-state index is 0.0142. The van der Waals surface area contributed by atoms with Gasteiger partial charge in [-0.15, -0.1) is 0 Å². The van der Waals surface area contributed by atoms with Gasteiger partial charge in [-0.25, -0.2) is 0 Å². The first-order valence-corrected chi connectivity index (χ1v) is 13.6. The number of nitrogens with zero attached hydrogens (tertiary/aromatic N) is 2. The highest BCUT2D eigenvalue weighted by Crippen LogP contribution is 2.57. The molecule has 4 bridgehead atoms. The molecule has 4 unspecified atom stereocenters. The third kappa shape index (κ3) is 5.68. The molecule has 5 fully saturated rings. The van der Waals surface area contributed by atoms with E-state index in [2.05, 4.69) is 10.3 Å². The molecule has 1 aromatic heterocycles. The number of rotatable bonds is 10. The van der Waals surface area contributed by atoms with Gasteiger partial charge in [-0.1, -0.05) is 6.92 Å². The molecule has 0 radical (unpaired) electrons. The molecule has 4 aliphatic carbocycles. The summed E-state index contributed by atoms with van der Waals surface area (Å²) < 4.78 is 37.2. The van der Waals surface area contributed by atoms with Crippen LogP contribution in [0.1, 0.15) is 75.1 Å². The molecule has 1 aromatic rings. The molecule has 2 N–H and O–H groups in total. The van der Waals surface area contributed by atoms with Crippen molar-refractivity contribution >= 4 is 17.7 Å². The van der Waals surface area contributed by atoms with Gasteiger partial charge in [-0.2, -0.15) is 13.8 Å². The van der Waals surface area contributed by atoms with Gasteiger partial charge in [-0.05, 0) is 81.1 Å². The number of carbonyl (C=O) groups excluding carboxylic acids is 1. The van der Waals surface area contributed by atoms with E-state index >= 15 is 0 Å². The lowest BCUT2D eigenvalue weighted by Crippen LogP contribution is -2.62. The molecular formula is C27H37F2N3O5. The van der Waals surface area contributed by atoms with Crippen molar-refractivity contribution in [3.63, 3.8) is 0 Å². The molecule has 5 aliphatic rings. The van der Waals surface area contributed by atoms with E-state index in [1.165, 1.54) is 0 Å². The van der Waals surface area contributed by atoms with Crippen LogP contribution in [0.25, 0.3) is 0 Å². The first kappa shape index (κ1) is 26.1. The number of pyridine rings is 1. The molecule has 6 rings (SSSR count). The number of alkyl halides is 2. The largest absolute Gasteiger partial charge is 0.481 e. The van der Waals surface area contributed by atoms with Crippen molar-refractivity contribution in [2.24, 2.45) is 23.7 Å². The van der Waals surface area contributed by atoms with Crippen molar-refractivity contribution < 1.29 is 33.0 Å². The molecule has 204 valence electrons. The van der Waals surface area contributed by atoms with Crippen LogP contribution in [-0.2, 0) is 9.53 Å². The van der Waals surface area contributed by atoms with Crippen molar-refractivity contribution in [1.29, 1.82) is 0 Å². The zero-order valence-corrected chi connectivity index (χ0v) is 21.3. The number of halogens is 2. The molecule has 6 atom stereocenters. The van der Waals surface area contributed by atoms with Crippen LogP contribution in [0.3, 0.4) is 0 Å². The summed E-state index contributed by atoms with van der Waals surface area (Å²) in [6, 6.07) is 3.36. The normalized spacial score (nSPS) is 32.5. The van der Waals surface area contributed by atoms with Crippen molar-refractivity contribution in [3.05, 3.63) is 17.7 Å². The number of carboxylic acid groups (broad SMARTS) is 1. The van der Waals surface area contributed by atoms with Crippen LogP contribution in [0.2, 0.25) is 0 Å². The minimum Gasteiger partial charge on any atom is -0.481 e. The third-order valence-corrected chi connectivity index (χ3v) is 8.68. The van der Waals surface area contributed by atoms with Crippen LogP contribution >= 0.6 is 0 Å². The fourth-order valence-electron chi connectivity index (χ4n) is 7.56. The number of ether oxygens (including phenoxy) is 2. The van der Waals surface area contributed by atoms with Gasteiger partial charge in [0.25, 0.3) is 5.91 Å². The first-order valence-electron chi connectivity index (χ1n) is 13.6. The smallest absolute Gasteiger partial charge is 0.345 e. The Morgan fingerprint density at radius 1 is 1.24 bits per heavy atom. The van der Waals surface area contributed by atoms with Crippen LogP contribution in [0.4, 0.5) is 14.6 Å². The van der Waals surface area contributed by atoms with Crippen LogP contribution in [0, 0.1) is 23.7 Å². The molecule has 0 spiro atoms. The molecule has 4 saturated carbocycles. The zero-order valence-electron chi connectivity index (χ0n) is 21.3. The van der Waals surface area contributed by atoms with Gasteiger partial charge in [0.15, 0.2) is 0 Å². The summed E-state index contributed by atoms with van der Waals surface area (Å²) in [7, 11) is 0. The maximum atomic E-state index is 13.7. The lowest BCUT2D eigenvalue weighted by atomic mass is 9.52. The number of hydrogen-bond acceptors (Lipinski definition) is 6. The Labute approximate surface area is 216 Å². The van der Waals surface area contributed by atoms with Crippen LogP contribution in [0.5, 0.6) is 5.88 Å². The second-order valence-electron chi connectivity index (χ2n) is 11.5. The summed E-state index contributed by atoms with van der Waals surface area (Å²) >= 11 is 0. The molecule has 1 saturated heterocycles. The van der Waals surface area contributed by atoms with Crippen molar-refractivity contribution in [2.45, 2.75) is 83.0 Å². The van der Waals surface area contributed by atoms with Crippen molar-refractivity contribution in [2.75, 3.05) is 24.6 Å². The quantitative estimate of drug-likeness (QED) is 0.468. The molecule has 1 amide bonds. The summed E-state index contributed by atoms with van der Waals surface area (Å²) in [5, 5.41) is 12.5. The Bertz CT molecular complexity index is 988. The predicted molar refractivity (Wildman–Crippen MR) is 132 cm³/mol. The van der Waals surface area contributed by atoms with Gasteiger partial charge >= 0.3 is 12.6 Å². The molecular weight excluding hydrogens is 484 g/mol. The Balaban J connectivity index is 1.35. The number of hydrogen-bond donors (Lipinski definition) is 2. The number of amides is 1. The number of anilines is 1. The molecule has 0 aromatic carbocycles. The fraction of sp³-hybridized carbons (Fsp3) is 0.741. The number of aliphatic carboxylic acids is 1. The predicted octanol–water partition coefficient (Wildman–Crippen LogP) is 4.48. The Morgan fingerprint density at radius 3 is 2.68 bits per heavy atom. The number of aromatic nitrogens is 1. The number of carbonyl (C=O) groups is 2. The summed E-state index contributed by atoms with van der Waals surface area (Å²) in [6.45, 7) is 0.936. The van der Waals surface area contributed by atoms with E-state index in [-0.39, 0.29) is 36.1 Å². The van der Waals surface area contributed by atoms with Gasteiger partial charge in [0, 0.05) is 31.6 Å². The van der Waals surface area contributed by atoms with Crippen molar-refractivity contribution in [1.82, 2.24) is 10.3 Å². The fourth-order valence-corrected chi connectivity index (χ4v) is 7.56. The maximum absolute atomic E-state index is 13.7. The summed E-state index contributed by atoms with van der Waals surface area (Å²) in [5.41, 5.74) is -0.323. The summed E-state index contributed by atoms with van der Waals surface area (Å²) in [6.07, 6.45) is 6.18. The standard InChI is InChI=1S/C27H37F2N3O5/c1-2-8-36-21-6-5-20(24(30-21)32-7-3-4-16(15-32)11-22(33)34)25(35)31-23-18-9-17-10-19(23)14-27(12-17,13-18)37-26(28)29/h5-6,16-19,23,26H,2-4,7-15H2,1H3,(H,31,35)(H,33,34)/t16-,17?,18-,19?,23?,27?/m0/s1. The Morgan fingerprint density at radius 2 is 2.00 bits per heavy atom. The number of nitrogens with one attached hydrogen (secondary N) is 1. The molecule has 2 heterocycles. The van der Waals surface area contributed by atoms with E-state index in [0.717, 1.165) is 32.1 Å². The summed E-state index contributed by atoms with van der Waals surface area (Å²) in [4.78, 5) is 31.7. The lowest BCUT2D eigenvalue weighted by Gasteiger charge is -2.59. The summed E-state index contributed by atoms with van der Waals surface area (Å²) in [5.74, 6) is 0.493. The number of carboxylic acids is 1. The van der Waals surface area contributed by atoms with Gasteiger partial charge in [-0.3, -0.25) is 9.59 Å². The minimum atomic E-state index is -2.78. The monoisotopic (exact) mass is 521 g/mol. The topological polar surface area (TPSA) is 101 Å². The average molecular weight is 522 g/mol. The number of piperidine rings is 1. The van der Waals surface area contributed by atoms with E-state index in [9.17, 15) is 23.5 Å². The molecule has 8 nitrogen and oxygen atoms in total. The van der Waals surface area contributed by atoms with Gasteiger partial charge in [0.2, 0.25) is 5.88 Å². The SMILES string of the molecule is CCCOc1ccc(C(=O)NC2C3CC4C[C@H]2CC(OC(F)F)(C4)C3)c(N2CCC[C@@H](CC(=O)O)C2)n1. The average Bonchev–Trinajstić information content (AvgIpc) is 2.83. The highest BCUT2D eigenvalue weighted by atomic mass is 19.3. The van der Waals surface area contributed by atoms with Crippen LogP contribution in [0.15, 0.2) is 12.1 Å². The molecule has 1 aliphatic heterocycles. The molecule has 10 heteroatoms. The first-order chi connectivity index (χ1) is 17.7. The maximum Gasteiger partial charge on any atom is 0.345 e. The zero-order chi connectivity index (χ0) is 26.2. The van der Waals surface area contributed by atoms with Crippen LogP contribution in [-0.4, -0.2) is 59.9 Å².